The molecule has 0 saturated carbocycles. The average molecular weight is 322 g/mol. The Morgan fingerprint density at radius 2 is 2.05 bits per heavy atom. The molecule has 0 amide bonds. The number of rotatable bonds is 6. The van der Waals surface area contributed by atoms with Crippen LogP contribution in [0, 0.1) is 0 Å². The Bertz CT molecular complexity index is 628. The molecule has 0 spiro atoms. The molecule has 1 aromatic rings. The summed E-state index contributed by atoms with van der Waals surface area (Å²) in [5.41, 5.74) is -0.509. The zero-order chi connectivity index (χ0) is 15.3. The van der Waals surface area contributed by atoms with Crippen LogP contribution in [0.5, 0.6) is 0 Å². The number of hydrogen-bond acceptors (Lipinski definition) is 5. The number of aromatic carboxylic acids is 1. The van der Waals surface area contributed by atoms with Gasteiger partial charge >= 0.3 is 11.9 Å². The van der Waals surface area contributed by atoms with Crippen molar-refractivity contribution in [3.8, 4) is 0 Å². The number of methoxy groups -OCH3 is 1. The molecule has 0 atom stereocenters. The van der Waals surface area contributed by atoms with Crippen molar-refractivity contribution >= 4 is 39.3 Å². The van der Waals surface area contributed by atoms with E-state index in [-0.39, 0.29) is 22.7 Å². The van der Waals surface area contributed by atoms with Crippen LogP contribution < -0.4 is 4.72 Å². The number of nitrogens with one attached hydrogen (secondary N) is 1. The number of ether oxygens (including phenoxy) is 1. The smallest absolute Gasteiger partial charge is 0.337 e. The molecule has 0 unspecified atom stereocenters. The van der Waals surface area contributed by atoms with Crippen LogP contribution in [0.25, 0.3) is 0 Å². The Morgan fingerprint density at radius 1 is 1.40 bits per heavy atom. The third-order valence-electron chi connectivity index (χ3n) is 2.30. The predicted octanol–water partition coefficient (Wildman–Crippen LogP) is 1.34. The normalized spacial score (nSPS) is 10.9. The molecular formula is C11H12ClNO6S. The van der Waals surface area contributed by atoms with E-state index in [2.05, 4.69) is 9.46 Å². The van der Waals surface area contributed by atoms with Gasteiger partial charge in [-0.1, -0.05) is 17.7 Å². The van der Waals surface area contributed by atoms with Gasteiger partial charge in [0.2, 0.25) is 10.0 Å². The molecule has 20 heavy (non-hydrogen) atoms. The van der Waals surface area contributed by atoms with Crippen LogP contribution in [0.15, 0.2) is 18.2 Å². The monoisotopic (exact) mass is 321 g/mol. The molecule has 0 bridgehead atoms. The summed E-state index contributed by atoms with van der Waals surface area (Å²) in [7, 11) is -2.78. The maximum atomic E-state index is 11.8. The van der Waals surface area contributed by atoms with Crippen LogP contribution in [0.2, 0.25) is 5.02 Å². The standard InChI is InChI=1S/C11H12ClNO6S/c1-19-9(14)5-6-20(17,18)13-10-7(11(15)16)3-2-4-8(10)12/h2-4,13H,5-6H2,1H3,(H,15,16). The quantitative estimate of drug-likeness (QED) is 0.765. The van der Waals surface area contributed by atoms with Gasteiger partial charge in [-0.15, -0.1) is 0 Å². The highest BCUT2D eigenvalue weighted by atomic mass is 35.5. The van der Waals surface area contributed by atoms with Crippen LogP contribution in [-0.4, -0.2) is 38.3 Å². The third kappa shape index (κ3) is 4.39. The van der Waals surface area contributed by atoms with Crippen LogP contribution >= 0.6 is 11.6 Å². The number of carboxylic acid groups (broad SMARTS) is 1. The summed E-state index contributed by atoms with van der Waals surface area (Å²) in [5.74, 6) is -2.55. The van der Waals surface area contributed by atoms with Crippen LogP contribution in [-0.2, 0) is 19.6 Å². The van der Waals surface area contributed by atoms with Crippen molar-refractivity contribution in [2.45, 2.75) is 6.42 Å². The number of halogens is 1. The molecule has 0 heterocycles. The van der Waals surface area contributed by atoms with Crippen molar-refractivity contribution in [2.24, 2.45) is 0 Å². The fourth-order valence-corrected chi connectivity index (χ4v) is 2.68. The first-order valence-electron chi connectivity index (χ1n) is 5.36. The second-order valence-corrected chi connectivity index (χ2v) is 5.96. The molecule has 0 aliphatic carbocycles. The van der Waals surface area contributed by atoms with E-state index >= 15 is 0 Å². The molecule has 0 aliphatic rings. The summed E-state index contributed by atoms with van der Waals surface area (Å²) >= 11 is 5.79. The maximum Gasteiger partial charge on any atom is 0.337 e. The van der Waals surface area contributed by atoms with E-state index in [1.165, 1.54) is 18.2 Å². The van der Waals surface area contributed by atoms with Crippen molar-refractivity contribution in [1.29, 1.82) is 0 Å². The van der Waals surface area contributed by atoms with Crippen molar-refractivity contribution < 1.29 is 27.9 Å². The van der Waals surface area contributed by atoms with E-state index in [1.54, 1.807) is 0 Å². The highest BCUT2D eigenvalue weighted by Crippen LogP contribution is 2.27. The first-order valence-corrected chi connectivity index (χ1v) is 7.39. The third-order valence-corrected chi connectivity index (χ3v) is 3.88. The van der Waals surface area contributed by atoms with Gasteiger partial charge in [0.15, 0.2) is 0 Å². The number of carboxylic acids is 1. The van der Waals surface area contributed by atoms with Crippen molar-refractivity contribution in [3.05, 3.63) is 28.8 Å². The molecule has 110 valence electrons. The van der Waals surface area contributed by atoms with Crippen molar-refractivity contribution in [1.82, 2.24) is 0 Å². The summed E-state index contributed by atoms with van der Waals surface area (Å²) in [5, 5.41) is 8.93. The molecule has 2 N–H and O–H groups in total. The van der Waals surface area contributed by atoms with Gasteiger partial charge in [-0.25, -0.2) is 13.2 Å². The van der Waals surface area contributed by atoms with Crippen molar-refractivity contribution in [3.63, 3.8) is 0 Å². The number of para-hydroxylation sites is 1. The van der Waals surface area contributed by atoms with E-state index in [0.717, 1.165) is 7.11 Å². The van der Waals surface area contributed by atoms with E-state index < -0.39 is 27.7 Å². The summed E-state index contributed by atoms with van der Waals surface area (Å²) in [6, 6.07) is 3.95. The molecule has 1 rings (SSSR count). The van der Waals surface area contributed by atoms with E-state index in [1.807, 2.05) is 0 Å². The Kier molecular flexibility index (Phi) is 5.34. The highest BCUT2D eigenvalue weighted by molar-refractivity contribution is 7.92. The Morgan fingerprint density at radius 3 is 2.60 bits per heavy atom. The number of carbonyl (C=O) groups is 2. The number of carbonyl (C=O) groups excluding carboxylic acids is 1. The lowest BCUT2D eigenvalue weighted by atomic mass is 10.2. The van der Waals surface area contributed by atoms with Gasteiger partial charge in [-0.3, -0.25) is 9.52 Å². The SMILES string of the molecule is COC(=O)CCS(=O)(=O)Nc1c(Cl)cccc1C(=O)O. The minimum atomic E-state index is -3.92. The maximum absolute atomic E-state index is 11.8. The van der Waals surface area contributed by atoms with Crippen molar-refractivity contribution in [2.75, 3.05) is 17.6 Å². The minimum Gasteiger partial charge on any atom is -0.478 e. The number of hydrogen-bond donors (Lipinski definition) is 2. The molecule has 0 aromatic heterocycles. The summed E-state index contributed by atoms with van der Waals surface area (Å²) in [6.45, 7) is 0. The largest absolute Gasteiger partial charge is 0.478 e. The number of sulfonamides is 1. The Balaban J connectivity index is 2.98. The first kappa shape index (κ1) is 16.3. The summed E-state index contributed by atoms with van der Waals surface area (Å²) in [4.78, 5) is 21.9. The van der Waals surface area contributed by atoms with Gasteiger partial charge < -0.3 is 9.84 Å². The van der Waals surface area contributed by atoms with E-state index in [9.17, 15) is 18.0 Å². The lowest BCUT2D eigenvalue weighted by Crippen LogP contribution is -2.21. The Labute approximate surface area is 120 Å². The number of esters is 1. The van der Waals surface area contributed by atoms with E-state index in [4.69, 9.17) is 16.7 Å². The van der Waals surface area contributed by atoms with Crippen LogP contribution in [0.4, 0.5) is 5.69 Å². The zero-order valence-corrected chi connectivity index (χ0v) is 12.0. The second kappa shape index (κ2) is 6.58. The lowest BCUT2D eigenvalue weighted by molar-refractivity contribution is -0.140. The van der Waals surface area contributed by atoms with Gasteiger partial charge in [-0.05, 0) is 12.1 Å². The topological polar surface area (TPSA) is 110 Å². The molecule has 1 aromatic carbocycles. The fraction of sp³-hybridized carbons (Fsp3) is 0.273. The average Bonchev–Trinajstić information content (AvgIpc) is 2.38. The molecule has 0 radical (unpaired) electrons. The predicted molar refractivity (Wildman–Crippen MR) is 72.5 cm³/mol. The van der Waals surface area contributed by atoms with Gasteiger partial charge in [0.1, 0.15) is 0 Å². The summed E-state index contributed by atoms with van der Waals surface area (Å²) < 4.78 is 30.0. The van der Waals surface area contributed by atoms with Crippen LogP contribution in [0.3, 0.4) is 0 Å². The van der Waals surface area contributed by atoms with Gasteiger partial charge in [-0.2, -0.15) is 0 Å². The first-order chi connectivity index (χ1) is 9.26. The van der Waals surface area contributed by atoms with Gasteiger partial charge in [0, 0.05) is 0 Å². The van der Waals surface area contributed by atoms with Gasteiger partial charge in [0.25, 0.3) is 0 Å². The molecule has 9 heteroatoms. The molecular weight excluding hydrogens is 310 g/mol. The second-order valence-electron chi connectivity index (χ2n) is 3.71. The van der Waals surface area contributed by atoms with Crippen LogP contribution in [0.1, 0.15) is 16.8 Å². The molecule has 0 aliphatic heterocycles. The lowest BCUT2D eigenvalue weighted by Gasteiger charge is -2.11. The number of anilines is 1. The summed E-state index contributed by atoms with van der Waals surface area (Å²) in [6.07, 6.45) is -0.349. The van der Waals surface area contributed by atoms with E-state index in [0.29, 0.717) is 0 Å². The van der Waals surface area contributed by atoms with Gasteiger partial charge in [0.05, 0.1) is 35.6 Å². The highest BCUT2D eigenvalue weighted by Gasteiger charge is 2.20. The molecule has 0 saturated heterocycles. The molecule has 7 nitrogen and oxygen atoms in total. The minimum absolute atomic E-state index is 0.0495. The zero-order valence-electron chi connectivity index (χ0n) is 10.4. The Hall–Kier alpha value is -1.80. The fourth-order valence-electron chi connectivity index (χ4n) is 1.33. The molecule has 0 fully saturated rings. The number of benzene rings is 1.